The number of likely N-dealkylation sites (N-methyl/N-ethyl adjacent to an activating group) is 1. The van der Waals surface area contributed by atoms with Crippen LogP contribution in [0.2, 0.25) is 0 Å². The van der Waals surface area contributed by atoms with Crippen LogP contribution in [0.25, 0.3) is 0 Å². The SMILES string of the molecule is CNC1CCCN(C(=O)c2cc(Br)c3c(c2)OCCO3)C1. The van der Waals surface area contributed by atoms with Crippen LogP contribution in [-0.4, -0.2) is 50.2 Å². The van der Waals surface area contributed by atoms with E-state index in [9.17, 15) is 4.79 Å². The van der Waals surface area contributed by atoms with E-state index in [1.807, 2.05) is 18.0 Å². The monoisotopic (exact) mass is 354 g/mol. The number of fused-ring (bicyclic) bond motifs is 1. The lowest BCUT2D eigenvalue weighted by Crippen LogP contribution is -2.47. The highest BCUT2D eigenvalue weighted by Gasteiger charge is 2.26. The normalized spacial score (nSPS) is 21.2. The van der Waals surface area contributed by atoms with E-state index in [2.05, 4.69) is 21.2 Å². The fraction of sp³-hybridized carbons (Fsp3) is 0.533. The number of carbonyl (C=O) groups is 1. The number of hydrogen-bond donors (Lipinski definition) is 1. The van der Waals surface area contributed by atoms with E-state index in [1.54, 1.807) is 6.07 Å². The predicted octanol–water partition coefficient (Wildman–Crippen LogP) is 2.04. The summed E-state index contributed by atoms with van der Waals surface area (Å²) in [5.41, 5.74) is 0.642. The smallest absolute Gasteiger partial charge is 0.254 e. The van der Waals surface area contributed by atoms with Gasteiger partial charge in [0.05, 0.1) is 4.47 Å². The maximum atomic E-state index is 12.7. The van der Waals surface area contributed by atoms with Gasteiger partial charge in [-0.1, -0.05) is 0 Å². The number of nitrogens with zero attached hydrogens (tertiary/aromatic N) is 1. The van der Waals surface area contributed by atoms with Crippen LogP contribution in [0.5, 0.6) is 11.5 Å². The van der Waals surface area contributed by atoms with Gasteiger partial charge in [-0.3, -0.25) is 4.79 Å². The van der Waals surface area contributed by atoms with E-state index in [1.165, 1.54) is 0 Å². The molecule has 1 aromatic carbocycles. The van der Waals surface area contributed by atoms with Crippen molar-refractivity contribution in [3.63, 3.8) is 0 Å². The quantitative estimate of drug-likeness (QED) is 0.882. The zero-order valence-electron chi connectivity index (χ0n) is 12.0. The van der Waals surface area contributed by atoms with Crippen molar-refractivity contribution in [2.24, 2.45) is 0 Å². The molecule has 1 aromatic rings. The van der Waals surface area contributed by atoms with Gasteiger partial charge in [0.1, 0.15) is 13.2 Å². The van der Waals surface area contributed by atoms with E-state index < -0.39 is 0 Å². The first-order valence-corrected chi connectivity index (χ1v) is 8.04. The third kappa shape index (κ3) is 3.01. The van der Waals surface area contributed by atoms with Crippen molar-refractivity contribution in [2.75, 3.05) is 33.4 Å². The maximum Gasteiger partial charge on any atom is 0.254 e. The van der Waals surface area contributed by atoms with E-state index in [0.717, 1.165) is 30.4 Å². The van der Waals surface area contributed by atoms with Crippen molar-refractivity contribution in [3.05, 3.63) is 22.2 Å². The molecule has 0 radical (unpaired) electrons. The Labute approximate surface area is 132 Å². The van der Waals surface area contributed by atoms with E-state index in [0.29, 0.717) is 36.3 Å². The van der Waals surface area contributed by atoms with Gasteiger partial charge in [0.2, 0.25) is 0 Å². The largest absolute Gasteiger partial charge is 0.486 e. The van der Waals surface area contributed by atoms with Crippen LogP contribution in [0, 0.1) is 0 Å². The molecule has 6 heteroatoms. The van der Waals surface area contributed by atoms with Crippen molar-refractivity contribution in [3.8, 4) is 11.5 Å². The molecule has 1 fully saturated rings. The molecule has 1 amide bonds. The Morgan fingerprint density at radius 1 is 1.38 bits per heavy atom. The summed E-state index contributed by atoms with van der Waals surface area (Å²) in [6.45, 7) is 2.61. The lowest BCUT2D eigenvalue weighted by molar-refractivity contribution is 0.0697. The number of piperidine rings is 1. The number of nitrogens with one attached hydrogen (secondary N) is 1. The van der Waals surface area contributed by atoms with Crippen LogP contribution < -0.4 is 14.8 Å². The highest BCUT2D eigenvalue weighted by atomic mass is 79.9. The third-order valence-electron chi connectivity index (χ3n) is 3.96. The molecular formula is C15H19BrN2O3. The van der Waals surface area contributed by atoms with Gasteiger partial charge in [0, 0.05) is 24.7 Å². The summed E-state index contributed by atoms with van der Waals surface area (Å²) in [4.78, 5) is 14.6. The van der Waals surface area contributed by atoms with Gasteiger partial charge >= 0.3 is 0 Å². The molecule has 0 bridgehead atoms. The van der Waals surface area contributed by atoms with Gasteiger partial charge in [-0.25, -0.2) is 0 Å². The van der Waals surface area contributed by atoms with Gasteiger partial charge in [0.15, 0.2) is 11.5 Å². The molecule has 0 spiro atoms. The number of amides is 1. The van der Waals surface area contributed by atoms with E-state index in [-0.39, 0.29) is 5.91 Å². The first-order chi connectivity index (χ1) is 10.2. The van der Waals surface area contributed by atoms with Gasteiger partial charge in [-0.15, -0.1) is 0 Å². The highest BCUT2D eigenvalue weighted by Crippen LogP contribution is 2.38. The fourth-order valence-corrected chi connectivity index (χ4v) is 3.37. The number of halogens is 1. The molecular weight excluding hydrogens is 336 g/mol. The summed E-state index contributed by atoms with van der Waals surface area (Å²) >= 11 is 3.46. The molecule has 114 valence electrons. The van der Waals surface area contributed by atoms with Crippen LogP contribution in [-0.2, 0) is 0 Å². The fourth-order valence-electron chi connectivity index (χ4n) is 2.81. The molecule has 2 aliphatic heterocycles. The number of benzene rings is 1. The number of likely N-dealkylation sites (tertiary alicyclic amines) is 1. The third-order valence-corrected chi connectivity index (χ3v) is 4.55. The summed E-state index contributed by atoms with van der Waals surface area (Å²) in [6, 6.07) is 3.98. The van der Waals surface area contributed by atoms with Crippen LogP contribution in [0.4, 0.5) is 0 Å². The van der Waals surface area contributed by atoms with Crippen molar-refractivity contribution in [1.29, 1.82) is 0 Å². The Bertz CT molecular complexity index is 550. The molecule has 2 aliphatic rings. The molecule has 1 saturated heterocycles. The summed E-state index contributed by atoms with van der Waals surface area (Å²) in [7, 11) is 1.94. The summed E-state index contributed by atoms with van der Waals surface area (Å²) in [5.74, 6) is 1.37. The topological polar surface area (TPSA) is 50.8 Å². The van der Waals surface area contributed by atoms with Crippen LogP contribution >= 0.6 is 15.9 Å². The predicted molar refractivity (Wildman–Crippen MR) is 83.1 cm³/mol. The number of hydrogen-bond acceptors (Lipinski definition) is 4. The average molecular weight is 355 g/mol. The lowest BCUT2D eigenvalue weighted by Gasteiger charge is -2.33. The Morgan fingerprint density at radius 3 is 3.00 bits per heavy atom. The summed E-state index contributed by atoms with van der Waals surface area (Å²) in [6.07, 6.45) is 2.15. The molecule has 1 atom stereocenters. The standard InChI is InChI=1S/C15H19BrN2O3/c1-17-11-3-2-4-18(9-11)15(19)10-7-12(16)14-13(8-10)20-5-6-21-14/h7-8,11,17H,2-6,9H2,1H3. The molecule has 21 heavy (non-hydrogen) atoms. The van der Waals surface area contributed by atoms with Crippen molar-refractivity contribution >= 4 is 21.8 Å². The molecule has 5 nitrogen and oxygen atoms in total. The molecule has 0 saturated carbocycles. The molecule has 1 N–H and O–H groups in total. The van der Waals surface area contributed by atoms with Crippen LogP contribution in [0.15, 0.2) is 16.6 Å². The minimum absolute atomic E-state index is 0.0487. The molecule has 0 aliphatic carbocycles. The van der Waals surface area contributed by atoms with Gasteiger partial charge in [-0.2, -0.15) is 0 Å². The van der Waals surface area contributed by atoms with E-state index in [4.69, 9.17) is 9.47 Å². The maximum absolute atomic E-state index is 12.7. The zero-order chi connectivity index (χ0) is 14.8. The minimum Gasteiger partial charge on any atom is -0.486 e. The Balaban J connectivity index is 1.83. The van der Waals surface area contributed by atoms with Gasteiger partial charge in [-0.05, 0) is 48.0 Å². The highest BCUT2D eigenvalue weighted by molar-refractivity contribution is 9.10. The van der Waals surface area contributed by atoms with E-state index >= 15 is 0 Å². The number of ether oxygens (including phenoxy) is 2. The van der Waals surface area contributed by atoms with Crippen molar-refractivity contribution < 1.29 is 14.3 Å². The van der Waals surface area contributed by atoms with Crippen molar-refractivity contribution in [2.45, 2.75) is 18.9 Å². The second kappa shape index (κ2) is 6.23. The minimum atomic E-state index is 0.0487. The summed E-state index contributed by atoms with van der Waals surface area (Å²) < 4.78 is 11.9. The van der Waals surface area contributed by atoms with Crippen LogP contribution in [0.1, 0.15) is 23.2 Å². The van der Waals surface area contributed by atoms with Gasteiger partial charge < -0.3 is 19.7 Å². The van der Waals surface area contributed by atoms with Crippen molar-refractivity contribution in [1.82, 2.24) is 10.2 Å². The molecule has 1 unspecified atom stereocenters. The molecule has 3 rings (SSSR count). The first kappa shape index (κ1) is 14.7. The Morgan fingerprint density at radius 2 is 2.19 bits per heavy atom. The molecule has 0 aromatic heterocycles. The Kier molecular flexibility index (Phi) is 4.35. The molecule has 2 heterocycles. The lowest BCUT2D eigenvalue weighted by atomic mass is 10.0. The van der Waals surface area contributed by atoms with Crippen LogP contribution in [0.3, 0.4) is 0 Å². The second-order valence-electron chi connectivity index (χ2n) is 5.36. The second-order valence-corrected chi connectivity index (χ2v) is 6.22. The first-order valence-electron chi connectivity index (χ1n) is 7.24. The van der Waals surface area contributed by atoms with Gasteiger partial charge in [0.25, 0.3) is 5.91 Å². The summed E-state index contributed by atoms with van der Waals surface area (Å²) in [5, 5.41) is 3.25. The average Bonchev–Trinajstić information content (AvgIpc) is 2.54. The number of rotatable bonds is 2. The zero-order valence-corrected chi connectivity index (χ0v) is 13.6. The number of carbonyl (C=O) groups excluding carboxylic acids is 1. The Hall–Kier alpha value is -1.27.